The van der Waals surface area contributed by atoms with Crippen LogP contribution in [0.1, 0.15) is 27.8 Å². The van der Waals surface area contributed by atoms with Crippen molar-refractivity contribution in [2.24, 2.45) is 5.10 Å². The van der Waals surface area contributed by atoms with E-state index >= 15 is 0 Å². The molecule has 0 aromatic heterocycles. The lowest BCUT2D eigenvalue weighted by Gasteiger charge is -2.13. The number of ether oxygens (including phenoxy) is 1. The van der Waals surface area contributed by atoms with Crippen molar-refractivity contribution in [3.8, 4) is 5.75 Å². The third-order valence-corrected chi connectivity index (χ3v) is 4.92. The van der Waals surface area contributed by atoms with Crippen LogP contribution >= 0.6 is 15.9 Å². The zero-order valence-corrected chi connectivity index (χ0v) is 18.1. The average molecular weight is 451 g/mol. The third kappa shape index (κ3) is 6.29. The van der Waals surface area contributed by atoms with E-state index in [-0.39, 0.29) is 5.91 Å². The molecule has 0 saturated heterocycles. The predicted octanol–water partition coefficient (Wildman–Crippen LogP) is 5.34. The van der Waals surface area contributed by atoms with Crippen LogP contribution in [0.2, 0.25) is 0 Å². The molecule has 0 aliphatic heterocycles. The van der Waals surface area contributed by atoms with Crippen molar-refractivity contribution in [3.63, 3.8) is 0 Å². The van der Waals surface area contributed by atoms with E-state index < -0.39 is 0 Å². The average Bonchev–Trinajstić information content (AvgIpc) is 2.69. The molecule has 0 unspecified atom stereocenters. The van der Waals surface area contributed by atoms with E-state index in [1.54, 1.807) is 6.21 Å². The molecular formula is C24H23BrN2O2. The number of amides is 1. The molecule has 3 rings (SSSR count). The fourth-order valence-corrected chi connectivity index (χ4v) is 3.29. The second-order valence-corrected chi connectivity index (χ2v) is 7.77. The molecule has 0 aliphatic rings. The van der Waals surface area contributed by atoms with E-state index in [1.165, 1.54) is 0 Å². The highest BCUT2D eigenvalue weighted by atomic mass is 79.9. The van der Waals surface area contributed by atoms with Gasteiger partial charge < -0.3 is 4.74 Å². The Balaban J connectivity index is 1.58. The number of carbonyl (C=O) groups is 1. The number of hydrogen-bond acceptors (Lipinski definition) is 3. The molecule has 148 valence electrons. The van der Waals surface area contributed by atoms with Gasteiger partial charge in [0.15, 0.2) is 0 Å². The second kappa shape index (κ2) is 10.0. The van der Waals surface area contributed by atoms with Gasteiger partial charge in [0, 0.05) is 4.47 Å². The van der Waals surface area contributed by atoms with Crippen LogP contribution in [0.3, 0.4) is 0 Å². The molecule has 3 aromatic rings. The molecule has 5 heteroatoms. The molecule has 0 spiro atoms. The van der Waals surface area contributed by atoms with Gasteiger partial charge >= 0.3 is 0 Å². The highest BCUT2D eigenvalue weighted by Gasteiger charge is 2.07. The summed E-state index contributed by atoms with van der Waals surface area (Å²) in [6.45, 7) is 4.53. The van der Waals surface area contributed by atoms with E-state index in [0.29, 0.717) is 13.0 Å². The maximum atomic E-state index is 12.0. The van der Waals surface area contributed by atoms with Crippen LogP contribution in [0.4, 0.5) is 0 Å². The van der Waals surface area contributed by atoms with Crippen molar-refractivity contribution in [1.82, 2.24) is 5.43 Å². The van der Waals surface area contributed by atoms with Crippen LogP contribution in [0.15, 0.2) is 76.3 Å². The quantitative estimate of drug-likeness (QED) is 0.390. The van der Waals surface area contributed by atoms with Crippen LogP contribution in [0.25, 0.3) is 0 Å². The molecule has 0 saturated carbocycles. The van der Waals surface area contributed by atoms with Crippen molar-refractivity contribution in [1.29, 1.82) is 0 Å². The van der Waals surface area contributed by atoms with Crippen LogP contribution in [0, 0.1) is 13.8 Å². The summed E-state index contributed by atoms with van der Waals surface area (Å²) in [4.78, 5) is 12.0. The minimum absolute atomic E-state index is 0.143. The normalized spacial score (nSPS) is 10.9. The van der Waals surface area contributed by atoms with Crippen LogP contribution in [-0.2, 0) is 17.8 Å². The van der Waals surface area contributed by atoms with Crippen molar-refractivity contribution in [2.45, 2.75) is 26.9 Å². The Hall–Kier alpha value is -2.92. The highest BCUT2D eigenvalue weighted by Crippen LogP contribution is 2.25. The molecule has 4 nitrogen and oxygen atoms in total. The molecule has 0 radical (unpaired) electrons. The monoisotopic (exact) mass is 450 g/mol. The summed E-state index contributed by atoms with van der Waals surface area (Å²) in [7, 11) is 0. The molecule has 0 aliphatic carbocycles. The lowest BCUT2D eigenvalue weighted by Crippen LogP contribution is -2.19. The smallest absolute Gasteiger partial charge is 0.244 e. The summed E-state index contributed by atoms with van der Waals surface area (Å²) in [6, 6.07) is 21.7. The number of nitrogens with one attached hydrogen (secondary N) is 1. The number of hydrogen-bond donors (Lipinski definition) is 1. The fraction of sp³-hybridized carbons (Fsp3) is 0.167. The number of nitrogens with zero attached hydrogens (tertiary/aromatic N) is 1. The largest absolute Gasteiger partial charge is 0.488 e. The van der Waals surface area contributed by atoms with Gasteiger partial charge in [0.1, 0.15) is 12.4 Å². The van der Waals surface area contributed by atoms with Gasteiger partial charge in [-0.25, -0.2) is 5.43 Å². The first-order valence-electron chi connectivity index (χ1n) is 9.35. The number of aryl methyl sites for hydroxylation is 2. The van der Waals surface area contributed by atoms with Gasteiger partial charge in [-0.1, -0.05) is 58.4 Å². The van der Waals surface area contributed by atoms with Gasteiger partial charge in [-0.2, -0.15) is 5.10 Å². The summed E-state index contributed by atoms with van der Waals surface area (Å²) in [6.07, 6.45) is 1.96. The summed E-state index contributed by atoms with van der Waals surface area (Å²) >= 11 is 3.44. The van der Waals surface area contributed by atoms with Crippen molar-refractivity contribution in [3.05, 3.63) is 99.0 Å². The third-order valence-electron chi connectivity index (χ3n) is 4.39. The van der Waals surface area contributed by atoms with E-state index in [2.05, 4.69) is 26.5 Å². The SMILES string of the molecule is Cc1cc(/C=N/NC(=O)Cc2ccccc2)cc(C)c1OCc1ccc(Br)cc1. The Labute approximate surface area is 179 Å². The Morgan fingerprint density at radius 1 is 1.00 bits per heavy atom. The Kier molecular flexibility index (Phi) is 7.19. The number of benzene rings is 3. The van der Waals surface area contributed by atoms with Gasteiger partial charge in [0.25, 0.3) is 0 Å². The van der Waals surface area contributed by atoms with Crippen molar-refractivity contribution >= 4 is 28.1 Å². The molecule has 1 amide bonds. The number of halogens is 1. The number of carbonyl (C=O) groups excluding carboxylic acids is 1. The zero-order valence-electron chi connectivity index (χ0n) is 16.5. The Morgan fingerprint density at radius 2 is 1.66 bits per heavy atom. The first kappa shape index (κ1) is 20.8. The summed E-state index contributed by atoms with van der Waals surface area (Å²) in [5.74, 6) is 0.730. The van der Waals surface area contributed by atoms with E-state index in [4.69, 9.17) is 4.74 Å². The second-order valence-electron chi connectivity index (χ2n) is 6.85. The lowest BCUT2D eigenvalue weighted by molar-refractivity contribution is -0.120. The van der Waals surface area contributed by atoms with Gasteiger partial charge in [0.2, 0.25) is 5.91 Å². The van der Waals surface area contributed by atoms with Gasteiger partial charge in [-0.3, -0.25) is 4.79 Å². The maximum absolute atomic E-state index is 12.0. The summed E-state index contributed by atoms with van der Waals surface area (Å²) < 4.78 is 7.08. The van der Waals surface area contributed by atoms with E-state index in [9.17, 15) is 4.79 Å². The molecule has 1 N–H and O–H groups in total. The highest BCUT2D eigenvalue weighted by molar-refractivity contribution is 9.10. The minimum atomic E-state index is -0.143. The standard InChI is InChI=1S/C24H23BrN2O2/c1-17-12-21(15-26-27-23(28)14-19-6-4-3-5-7-19)13-18(2)24(17)29-16-20-8-10-22(25)11-9-20/h3-13,15H,14,16H2,1-2H3,(H,27,28)/b26-15+. The minimum Gasteiger partial charge on any atom is -0.488 e. The van der Waals surface area contributed by atoms with Crippen molar-refractivity contribution < 1.29 is 9.53 Å². The fourth-order valence-electron chi connectivity index (χ4n) is 3.02. The van der Waals surface area contributed by atoms with Gasteiger partial charge in [-0.15, -0.1) is 0 Å². The Morgan fingerprint density at radius 3 is 2.31 bits per heavy atom. The lowest BCUT2D eigenvalue weighted by atomic mass is 10.1. The van der Waals surface area contributed by atoms with Crippen LogP contribution in [-0.4, -0.2) is 12.1 Å². The summed E-state index contributed by atoms with van der Waals surface area (Å²) in [5, 5.41) is 4.08. The Bertz CT molecular complexity index is 976. The first-order valence-corrected chi connectivity index (χ1v) is 10.1. The molecule has 29 heavy (non-hydrogen) atoms. The van der Waals surface area contributed by atoms with E-state index in [1.807, 2.05) is 80.6 Å². The maximum Gasteiger partial charge on any atom is 0.244 e. The molecule has 0 fully saturated rings. The molecule has 3 aromatic carbocycles. The van der Waals surface area contributed by atoms with Gasteiger partial charge in [-0.05, 0) is 65.9 Å². The molecule has 0 heterocycles. The zero-order chi connectivity index (χ0) is 20.6. The molecule has 0 atom stereocenters. The first-order chi connectivity index (χ1) is 14.0. The van der Waals surface area contributed by atoms with E-state index in [0.717, 1.165) is 38.0 Å². The molecular weight excluding hydrogens is 428 g/mol. The summed E-state index contributed by atoms with van der Waals surface area (Å²) in [5.41, 5.74) is 7.61. The predicted molar refractivity (Wildman–Crippen MR) is 120 cm³/mol. The van der Waals surface area contributed by atoms with Crippen LogP contribution < -0.4 is 10.2 Å². The number of hydrazone groups is 1. The topological polar surface area (TPSA) is 50.7 Å². The van der Waals surface area contributed by atoms with Gasteiger partial charge in [0.05, 0.1) is 12.6 Å². The number of rotatable bonds is 7. The van der Waals surface area contributed by atoms with Crippen LogP contribution in [0.5, 0.6) is 5.75 Å². The molecule has 0 bridgehead atoms. The van der Waals surface area contributed by atoms with Crippen molar-refractivity contribution in [2.75, 3.05) is 0 Å².